The van der Waals surface area contributed by atoms with Crippen molar-refractivity contribution < 1.29 is 14.4 Å². The molecule has 0 saturated carbocycles. The van der Waals surface area contributed by atoms with Gasteiger partial charge in [-0.25, -0.2) is 0 Å². The molecule has 0 aliphatic carbocycles. The Morgan fingerprint density at radius 1 is 0.818 bits per heavy atom. The number of carbonyl (C=O) groups is 3. The zero-order valence-electron chi connectivity index (χ0n) is 24.1. The SMILES string of the molecule is CCC(Sc1cccc(NC(=O)/C(=C\c2ccsc2)NC(=O)c2ccccc2)c1)C(=O)N(c1ccccc1)c1ccccc1. The van der Waals surface area contributed by atoms with Gasteiger partial charge in [-0.2, -0.15) is 11.3 Å². The van der Waals surface area contributed by atoms with E-state index >= 15 is 0 Å². The number of para-hydroxylation sites is 2. The number of anilines is 3. The van der Waals surface area contributed by atoms with Crippen LogP contribution in [-0.4, -0.2) is 23.0 Å². The summed E-state index contributed by atoms with van der Waals surface area (Å²) in [5, 5.41) is 9.11. The largest absolute Gasteiger partial charge is 0.321 e. The Bertz CT molecular complexity index is 1690. The lowest BCUT2D eigenvalue weighted by molar-refractivity contribution is -0.117. The van der Waals surface area contributed by atoms with E-state index in [-0.39, 0.29) is 22.8 Å². The quantitative estimate of drug-likeness (QED) is 0.115. The molecule has 0 aliphatic heterocycles. The maximum atomic E-state index is 14.0. The van der Waals surface area contributed by atoms with Gasteiger partial charge in [-0.1, -0.05) is 67.6 Å². The van der Waals surface area contributed by atoms with Gasteiger partial charge in [0.25, 0.3) is 11.8 Å². The van der Waals surface area contributed by atoms with Gasteiger partial charge in [0.2, 0.25) is 5.91 Å². The summed E-state index contributed by atoms with van der Waals surface area (Å²) < 4.78 is 0. The monoisotopic (exact) mass is 617 g/mol. The second-order valence-corrected chi connectivity index (χ2v) is 11.8. The van der Waals surface area contributed by atoms with E-state index < -0.39 is 5.91 Å². The van der Waals surface area contributed by atoms with Crippen molar-refractivity contribution in [2.45, 2.75) is 23.5 Å². The fourth-order valence-electron chi connectivity index (χ4n) is 4.49. The molecule has 3 amide bonds. The molecule has 5 aromatic rings. The maximum Gasteiger partial charge on any atom is 0.272 e. The van der Waals surface area contributed by atoms with E-state index in [1.807, 2.05) is 109 Å². The molecule has 0 radical (unpaired) electrons. The van der Waals surface area contributed by atoms with Crippen LogP contribution in [0.2, 0.25) is 0 Å². The van der Waals surface area contributed by atoms with Crippen molar-refractivity contribution in [3.63, 3.8) is 0 Å². The highest BCUT2D eigenvalue weighted by molar-refractivity contribution is 8.00. The molecule has 0 fully saturated rings. The van der Waals surface area contributed by atoms with Crippen molar-refractivity contribution in [2.24, 2.45) is 0 Å². The summed E-state index contributed by atoms with van der Waals surface area (Å²) in [6.07, 6.45) is 2.26. The molecule has 4 aromatic carbocycles. The molecule has 1 unspecified atom stereocenters. The van der Waals surface area contributed by atoms with Crippen molar-refractivity contribution in [3.05, 3.63) is 149 Å². The number of rotatable bonds is 11. The summed E-state index contributed by atoms with van der Waals surface area (Å²) >= 11 is 2.95. The van der Waals surface area contributed by atoms with Crippen LogP contribution in [0, 0.1) is 0 Å². The van der Waals surface area contributed by atoms with Gasteiger partial charge in [0.1, 0.15) is 5.70 Å². The second-order valence-electron chi connectivity index (χ2n) is 9.78. The highest BCUT2D eigenvalue weighted by atomic mass is 32.2. The van der Waals surface area contributed by atoms with Crippen LogP contribution in [0.4, 0.5) is 17.1 Å². The molecule has 1 atom stereocenters. The Balaban J connectivity index is 1.34. The standard InChI is InChI=1S/C36H31N3O3S2/c1-2-33(36(42)39(29-16-8-4-9-17-29)30-18-10-5-11-19-30)44-31-20-12-15-28(24-31)37-35(41)32(23-26-21-22-43-25-26)38-34(40)27-13-6-3-7-14-27/h3-25,33H,2H2,1H3,(H,37,41)(H,38,40)/b32-23+. The number of hydrogen-bond acceptors (Lipinski definition) is 5. The molecule has 44 heavy (non-hydrogen) atoms. The molecule has 2 N–H and O–H groups in total. The topological polar surface area (TPSA) is 78.5 Å². The third kappa shape index (κ3) is 7.92. The molecular weight excluding hydrogens is 587 g/mol. The van der Waals surface area contributed by atoms with Crippen LogP contribution >= 0.6 is 23.1 Å². The second kappa shape index (κ2) is 15.0. The molecule has 0 bridgehead atoms. The third-order valence-electron chi connectivity index (χ3n) is 6.65. The lowest BCUT2D eigenvalue weighted by atomic mass is 10.2. The van der Waals surface area contributed by atoms with Gasteiger partial charge in [0.15, 0.2) is 0 Å². The van der Waals surface area contributed by atoms with E-state index in [0.29, 0.717) is 17.7 Å². The molecule has 0 aliphatic rings. The highest BCUT2D eigenvalue weighted by Gasteiger charge is 2.27. The molecule has 1 aromatic heterocycles. The number of hydrogen-bond donors (Lipinski definition) is 2. The normalized spacial score (nSPS) is 11.8. The molecular formula is C36H31N3O3S2. The first-order chi connectivity index (χ1) is 21.5. The van der Waals surface area contributed by atoms with Gasteiger partial charge < -0.3 is 10.6 Å². The van der Waals surface area contributed by atoms with Crippen LogP contribution in [0.1, 0.15) is 29.3 Å². The first-order valence-corrected chi connectivity index (χ1v) is 16.0. The summed E-state index contributed by atoms with van der Waals surface area (Å²) in [5.74, 6) is -0.865. The van der Waals surface area contributed by atoms with E-state index in [0.717, 1.165) is 21.8 Å². The van der Waals surface area contributed by atoms with E-state index in [1.54, 1.807) is 41.3 Å². The van der Waals surface area contributed by atoms with Crippen molar-refractivity contribution >= 4 is 64.0 Å². The van der Waals surface area contributed by atoms with Crippen molar-refractivity contribution in [1.29, 1.82) is 0 Å². The van der Waals surface area contributed by atoms with E-state index in [1.165, 1.54) is 23.1 Å². The predicted octanol–water partition coefficient (Wildman–Crippen LogP) is 8.39. The minimum absolute atomic E-state index is 0.0334. The average Bonchev–Trinajstić information content (AvgIpc) is 3.58. The van der Waals surface area contributed by atoms with Crippen LogP contribution in [-0.2, 0) is 9.59 Å². The number of thioether (sulfide) groups is 1. The number of nitrogens with one attached hydrogen (secondary N) is 2. The Kier molecular flexibility index (Phi) is 10.4. The van der Waals surface area contributed by atoms with Crippen LogP contribution in [0.3, 0.4) is 0 Å². The van der Waals surface area contributed by atoms with Crippen molar-refractivity contribution in [2.75, 3.05) is 10.2 Å². The first-order valence-electron chi connectivity index (χ1n) is 14.1. The summed E-state index contributed by atoms with van der Waals surface area (Å²) in [6.45, 7) is 1.99. The summed E-state index contributed by atoms with van der Waals surface area (Å²) in [6, 6.07) is 37.3. The van der Waals surface area contributed by atoms with Crippen molar-refractivity contribution in [1.82, 2.24) is 5.32 Å². The predicted molar refractivity (Wildman–Crippen MR) is 181 cm³/mol. The molecule has 220 valence electrons. The number of thiophene rings is 1. The van der Waals surface area contributed by atoms with Crippen LogP contribution in [0.25, 0.3) is 6.08 Å². The average molecular weight is 618 g/mol. The Hall–Kier alpha value is -4.92. The molecule has 1 heterocycles. The van der Waals surface area contributed by atoms with Gasteiger partial charge in [-0.3, -0.25) is 19.3 Å². The lowest BCUT2D eigenvalue weighted by Gasteiger charge is -2.27. The van der Waals surface area contributed by atoms with Gasteiger partial charge in [-0.15, -0.1) is 11.8 Å². The van der Waals surface area contributed by atoms with E-state index in [9.17, 15) is 14.4 Å². The molecule has 0 spiro atoms. The van der Waals surface area contributed by atoms with E-state index in [4.69, 9.17) is 0 Å². The third-order valence-corrected chi connectivity index (χ3v) is 8.70. The maximum absolute atomic E-state index is 14.0. The zero-order valence-corrected chi connectivity index (χ0v) is 25.7. The van der Waals surface area contributed by atoms with Gasteiger partial charge in [0, 0.05) is 27.5 Å². The van der Waals surface area contributed by atoms with Crippen molar-refractivity contribution in [3.8, 4) is 0 Å². The Morgan fingerprint density at radius 3 is 2.05 bits per heavy atom. The fraction of sp³-hybridized carbons (Fsp3) is 0.0833. The molecule has 0 saturated heterocycles. The number of benzene rings is 4. The minimum atomic E-state index is -0.454. The van der Waals surface area contributed by atoms with Crippen LogP contribution in [0.5, 0.6) is 0 Å². The molecule has 6 nitrogen and oxygen atoms in total. The number of amides is 3. The highest BCUT2D eigenvalue weighted by Crippen LogP contribution is 2.33. The van der Waals surface area contributed by atoms with Gasteiger partial charge in [0.05, 0.1) is 5.25 Å². The first kappa shape index (κ1) is 30.5. The fourth-order valence-corrected chi connectivity index (χ4v) is 6.16. The minimum Gasteiger partial charge on any atom is -0.321 e. The summed E-state index contributed by atoms with van der Waals surface area (Å²) in [4.78, 5) is 42.9. The Labute approximate surface area is 265 Å². The van der Waals surface area contributed by atoms with Crippen LogP contribution < -0.4 is 15.5 Å². The summed E-state index contributed by atoms with van der Waals surface area (Å²) in [5.41, 5.74) is 3.53. The zero-order chi connectivity index (χ0) is 30.7. The summed E-state index contributed by atoms with van der Waals surface area (Å²) in [7, 11) is 0. The molecule has 8 heteroatoms. The van der Waals surface area contributed by atoms with E-state index in [2.05, 4.69) is 10.6 Å². The molecule has 5 rings (SSSR count). The lowest BCUT2D eigenvalue weighted by Crippen LogP contribution is -2.34. The van der Waals surface area contributed by atoms with Gasteiger partial charge in [-0.05, 0) is 89.5 Å². The number of nitrogens with zero attached hydrogens (tertiary/aromatic N) is 1. The Morgan fingerprint density at radius 2 is 1.45 bits per heavy atom. The van der Waals surface area contributed by atoms with Crippen LogP contribution in [0.15, 0.2) is 143 Å². The van der Waals surface area contributed by atoms with Gasteiger partial charge >= 0.3 is 0 Å². The smallest absolute Gasteiger partial charge is 0.272 e. The number of carbonyl (C=O) groups excluding carboxylic acids is 3.